The standard InChI is InChI=1S/C20H27N3O6S2/c1-6-23(14(4)24)20-21-15(12-30-20)11-29-19(25)18(13(2)3)22-31(26,27)17-9-7-16(28-5)8-10-17/h7-10,12-13,18,22H,6,11H2,1-5H3. The van der Waals surface area contributed by atoms with Crippen LogP contribution < -0.4 is 14.4 Å². The van der Waals surface area contributed by atoms with Crippen LogP contribution in [0.4, 0.5) is 5.13 Å². The Morgan fingerprint density at radius 2 is 1.87 bits per heavy atom. The fraction of sp³-hybridized carbons (Fsp3) is 0.450. The first-order chi connectivity index (χ1) is 14.6. The molecule has 9 nitrogen and oxygen atoms in total. The number of anilines is 1. The van der Waals surface area contributed by atoms with Gasteiger partial charge in [0.25, 0.3) is 0 Å². The molecular formula is C20H27N3O6S2. The van der Waals surface area contributed by atoms with Crippen molar-refractivity contribution in [2.75, 3.05) is 18.6 Å². The number of amides is 1. The van der Waals surface area contributed by atoms with Gasteiger partial charge in [-0.15, -0.1) is 11.3 Å². The van der Waals surface area contributed by atoms with Gasteiger partial charge in [-0.3, -0.25) is 14.5 Å². The molecule has 0 fully saturated rings. The largest absolute Gasteiger partial charge is 0.497 e. The molecule has 1 aromatic carbocycles. The van der Waals surface area contributed by atoms with Crippen molar-refractivity contribution in [1.82, 2.24) is 9.71 Å². The second kappa shape index (κ2) is 10.7. The summed E-state index contributed by atoms with van der Waals surface area (Å²) >= 11 is 1.27. The molecule has 1 atom stereocenters. The third kappa shape index (κ3) is 6.49. The van der Waals surface area contributed by atoms with E-state index in [1.54, 1.807) is 19.2 Å². The Hall–Kier alpha value is -2.50. The highest BCUT2D eigenvalue weighted by atomic mass is 32.2. The maximum atomic E-state index is 12.7. The quantitative estimate of drug-likeness (QED) is 0.532. The molecule has 11 heteroatoms. The second-order valence-electron chi connectivity index (χ2n) is 7.01. The second-order valence-corrected chi connectivity index (χ2v) is 9.56. The van der Waals surface area contributed by atoms with Crippen LogP contribution in [-0.2, 0) is 31.0 Å². The monoisotopic (exact) mass is 469 g/mol. The van der Waals surface area contributed by atoms with Crippen LogP contribution in [-0.4, -0.2) is 45.0 Å². The van der Waals surface area contributed by atoms with Gasteiger partial charge in [-0.1, -0.05) is 13.8 Å². The Morgan fingerprint density at radius 1 is 1.23 bits per heavy atom. The Morgan fingerprint density at radius 3 is 2.39 bits per heavy atom. The lowest BCUT2D eigenvalue weighted by molar-refractivity contribution is -0.148. The number of nitrogens with zero attached hydrogens (tertiary/aromatic N) is 2. The van der Waals surface area contributed by atoms with Gasteiger partial charge < -0.3 is 9.47 Å². The molecule has 0 saturated heterocycles. The first kappa shape index (κ1) is 24.8. The van der Waals surface area contributed by atoms with E-state index in [1.807, 2.05) is 6.92 Å². The van der Waals surface area contributed by atoms with Crippen molar-refractivity contribution in [3.63, 3.8) is 0 Å². The lowest BCUT2D eigenvalue weighted by Crippen LogP contribution is -2.45. The zero-order valence-electron chi connectivity index (χ0n) is 18.1. The van der Waals surface area contributed by atoms with E-state index in [4.69, 9.17) is 9.47 Å². The number of benzene rings is 1. The van der Waals surface area contributed by atoms with Gasteiger partial charge in [-0.2, -0.15) is 4.72 Å². The number of rotatable bonds is 10. The summed E-state index contributed by atoms with van der Waals surface area (Å²) in [5, 5.41) is 2.21. The number of sulfonamides is 1. The minimum atomic E-state index is -3.94. The zero-order valence-corrected chi connectivity index (χ0v) is 19.7. The molecule has 0 aliphatic heterocycles. The molecule has 2 rings (SSSR count). The van der Waals surface area contributed by atoms with Crippen LogP contribution in [0.25, 0.3) is 0 Å². The van der Waals surface area contributed by atoms with Gasteiger partial charge in [0.15, 0.2) is 5.13 Å². The maximum absolute atomic E-state index is 12.7. The Labute approximate surface area is 186 Å². The Kier molecular flexibility index (Phi) is 8.54. The van der Waals surface area contributed by atoms with Gasteiger partial charge in [0, 0.05) is 18.8 Å². The number of thiazole rings is 1. The molecule has 0 spiro atoms. The van der Waals surface area contributed by atoms with Crippen molar-refractivity contribution in [3.8, 4) is 5.75 Å². The van der Waals surface area contributed by atoms with Gasteiger partial charge in [-0.05, 0) is 37.1 Å². The molecule has 1 heterocycles. The number of nitrogens with one attached hydrogen (secondary N) is 1. The van der Waals surface area contributed by atoms with Crippen LogP contribution in [0.3, 0.4) is 0 Å². The number of carbonyl (C=O) groups excluding carboxylic acids is 2. The van der Waals surface area contributed by atoms with E-state index in [0.717, 1.165) is 0 Å². The summed E-state index contributed by atoms with van der Waals surface area (Å²) in [5.74, 6) is -0.665. The summed E-state index contributed by atoms with van der Waals surface area (Å²) < 4.78 is 38.1. The number of hydrogen-bond donors (Lipinski definition) is 1. The van der Waals surface area contributed by atoms with Crippen molar-refractivity contribution in [2.45, 2.75) is 45.2 Å². The molecule has 0 aliphatic carbocycles. The molecule has 0 aliphatic rings. The van der Waals surface area contributed by atoms with Crippen molar-refractivity contribution in [2.24, 2.45) is 5.92 Å². The summed E-state index contributed by atoms with van der Waals surface area (Å²) in [6.07, 6.45) is 0. The highest BCUT2D eigenvalue weighted by molar-refractivity contribution is 7.89. The van der Waals surface area contributed by atoms with Crippen LogP contribution in [0.5, 0.6) is 5.75 Å². The van der Waals surface area contributed by atoms with Crippen molar-refractivity contribution in [1.29, 1.82) is 0 Å². The number of hydrogen-bond acceptors (Lipinski definition) is 8. The maximum Gasteiger partial charge on any atom is 0.324 e. The summed E-state index contributed by atoms with van der Waals surface area (Å²) in [7, 11) is -2.46. The lowest BCUT2D eigenvalue weighted by atomic mass is 10.1. The minimum absolute atomic E-state index is 0.0137. The van der Waals surface area contributed by atoms with Crippen LogP contribution in [0.2, 0.25) is 0 Å². The minimum Gasteiger partial charge on any atom is -0.497 e. The van der Waals surface area contributed by atoms with Gasteiger partial charge in [0.2, 0.25) is 15.9 Å². The van der Waals surface area contributed by atoms with E-state index in [-0.39, 0.29) is 23.3 Å². The SMILES string of the molecule is CCN(C(C)=O)c1nc(COC(=O)C(NS(=O)(=O)c2ccc(OC)cc2)C(C)C)cs1. The summed E-state index contributed by atoms with van der Waals surface area (Å²) in [4.78, 5) is 30.1. The van der Waals surface area contributed by atoms with Gasteiger partial charge in [-0.25, -0.2) is 13.4 Å². The van der Waals surface area contributed by atoms with Gasteiger partial charge in [0.05, 0.1) is 17.7 Å². The third-order valence-corrected chi connectivity index (χ3v) is 6.77. The number of aromatic nitrogens is 1. The lowest BCUT2D eigenvalue weighted by Gasteiger charge is -2.20. The number of ether oxygens (including phenoxy) is 2. The Balaban J connectivity index is 2.07. The molecule has 2 aromatic rings. The summed E-state index contributed by atoms with van der Waals surface area (Å²) in [6, 6.07) is 4.77. The normalized spacial score (nSPS) is 12.5. The van der Waals surface area contributed by atoms with Crippen LogP contribution in [0, 0.1) is 5.92 Å². The van der Waals surface area contributed by atoms with E-state index >= 15 is 0 Å². The molecular weight excluding hydrogens is 442 g/mol. The fourth-order valence-electron chi connectivity index (χ4n) is 2.66. The average molecular weight is 470 g/mol. The third-order valence-electron chi connectivity index (χ3n) is 4.40. The van der Waals surface area contributed by atoms with Crippen molar-refractivity contribution in [3.05, 3.63) is 35.3 Å². The molecule has 170 valence electrons. The van der Waals surface area contributed by atoms with Gasteiger partial charge in [0.1, 0.15) is 18.4 Å². The van der Waals surface area contributed by atoms with Gasteiger partial charge >= 0.3 is 5.97 Å². The van der Waals surface area contributed by atoms with Crippen LogP contribution in [0.15, 0.2) is 34.5 Å². The molecule has 0 radical (unpaired) electrons. The summed E-state index contributed by atoms with van der Waals surface area (Å²) in [5.41, 5.74) is 0.480. The summed E-state index contributed by atoms with van der Waals surface area (Å²) in [6.45, 7) is 7.07. The van der Waals surface area contributed by atoms with Crippen LogP contribution in [0.1, 0.15) is 33.4 Å². The smallest absolute Gasteiger partial charge is 0.324 e. The number of esters is 1. The van der Waals surface area contributed by atoms with Crippen molar-refractivity contribution >= 4 is 38.4 Å². The van der Waals surface area contributed by atoms with E-state index in [9.17, 15) is 18.0 Å². The first-order valence-corrected chi connectivity index (χ1v) is 12.0. The van der Waals surface area contributed by atoms with Crippen LogP contribution >= 0.6 is 11.3 Å². The predicted octanol–water partition coefficient (Wildman–Crippen LogP) is 2.57. The molecule has 0 saturated carbocycles. The van der Waals surface area contributed by atoms with Crippen molar-refractivity contribution < 1.29 is 27.5 Å². The highest BCUT2D eigenvalue weighted by Crippen LogP contribution is 2.22. The zero-order chi connectivity index (χ0) is 23.2. The van der Waals surface area contributed by atoms with E-state index in [0.29, 0.717) is 23.1 Å². The van der Waals surface area contributed by atoms with E-state index < -0.39 is 22.0 Å². The Bertz CT molecular complexity index is 1000. The highest BCUT2D eigenvalue weighted by Gasteiger charge is 2.30. The number of carbonyl (C=O) groups is 2. The molecule has 1 N–H and O–H groups in total. The van der Waals surface area contributed by atoms with E-state index in [2.05, 4.69) is 9.71 Å². The molecule has 1 aromatic heterocycles. The van der Waals surface area contributed by atoms with E-state index in [1.165, 1.54) is 54.5 Å². The number of methoxy groups -OCH3 is 1. The molecule has 31 heavy (non-hydrogen) atoms. The first-order valence-electron chi connectivity index (χ1n) is 9.64. The topological polar surface area (TPSA) is 115 Å². The fourth-order valence-corrected chi connectivity index (χ4v) is 4.91. The predicted molar refractivity (Wildman–Crippen MR) is 118 cm³/mol. The molecule has 1 amide bonds. The molecule has 1 unspecified atom stereocenters. The average Bonchev–Trinajstić information content (AvgIpc) is 3.19. The molecule has 0 bridgehead atoms.